The Morgan fingerprint density at radius 3 is 1.04 bits per heavy atom. The van der Waals surface area contributed by atoms with Gasteiger partial charge in [0.1, 0.15) is 5.82 Å². The first-order chi connectivity index (χ1) is 47.1. The largest absolute Gasteiger partial charge is 0.309 e. The quantitative estimate of drug-likeness (QED) is 0.145. The molecule has 5 heterocycles. The number of hydrogen-bond acceptors (Lipinski definition) is 2. The maximum atomic E-state index is 5.83. The van der Waals surface area contributed by atoms with Crippen molar-refractivity contribution in [1.29, 1.82) is 0 Å². The maximum Gasteiger partial charge on any atom is 0.237 e. The summed E-state index contributed by atoms with van der Waals surface area (Å²) in [6.07, 6.45) is 0. The van der Waals surface area contributed by atoms with Gasteiger partial charge in [0, 0.05) is 66.1 Å². The smallest absolute Gasteiger partial charge is 0.237 e. The second-order valence-corrected chi connectivity index (χ2v) is 25.2. The van der Waals surface area contributed by atoms with Gasteiger partial charge in [-0.2, -0.15) is 4.98 Å². The van der Waals surface area contributed by atoms with Crippen LogP contribution in [0.3, 0.4) is 0 Å². The molecule has 0 radical (unpaired) electrons. The van der Waals surface area contributed by atoms with Gasteiger partial charge < -0.3 is 9.13 Å². The highest BCUT2D eigenvalue weighted by atomic mass is 15.2. The van der Waals surface area contributed by atoms with Crippen molar-refractivity contribution < 1.29 is 0 Å². The van der Waals surface area contributed by atoms with Crippen molar-refractivity contribution in [2.45, 2.75) is 5.41 Å². The van der Waals surface area contributed by atoms with Gasteiger partial charge >= 0.3 is 0 Å². The topological polar surface area (TPSA) is 45.5 Å². The summed E-state index contributed by atoms with van der Waals surface area (Å²) in [5, 5.41) is 9.42. The molecule has 0 amide bonds. The average Bonchev–Trinajstić information content (AvgIpc) is 1.58. The first kappa shape index (κ1) is 53.1. The third kappa shape index (κ3) is 7.86. The Balaban J connectivity index is 0.802. The summed E-state index contributed by atoms with van der Waals surface area (Å²) in [6, 6.07) is 124. The molecule has 0 bridgehead atoms. The van der Waals surface area contributed by atoms with Crippen LogP contribution in [0.25, 0.3) is 155 Å². The van der Waals surface area contributed by atoms with E-state index in [2.05, 4.69) is 358 Å². The molecule has 0 N–H and O–H groups in total. The van der Waals surface area contributed by atoms with E-state index in [9.17, 15) is 0 Å². The van der Waals surface area contributed by atoms with E-state index < -0.39 is 5.41 Å². The van der Waals surface area contributed by atoms with Gasteiger partial charge in [-0.05, 0) is 159 Å². The molecular formula is C89H56N6. The van der Waals surface area contributed by atoms with Crippen LogP contribution in [0, 0.1) is 0 Å². The lowest BCUT2D eigenvalue weighted by Crippen LogP contribution is -2.28. The molecule has 0 saturated carbocycles. The van der Waals surface area contributed by atoms with Crippen LogP contribution in [-0.2, 0) is 5.41 Å². The third-order valence-corrected chi connectivity index (χ3v) is 20.3. The van der Waals surface area contributed by atoms with Crippen LogP contribution < -0.4 is 0 Å². The fourth-order valence-corrected chi connectivity index (χ4v) is 16.2. The fraction of sp³-hybridized carbons (Fsp3) is 0.0112. The second-order valence-electron chi connectivity index (χ2n) is 25.2. The SMILES string of the molecule is c1ccc(-n2c3ccccc3c3cc(-c4ccc5c(c4)c4ccccc4n5-c4cc(-c5ccc6c(c5)C(c5ccccc5)(c5ccccc5)c5ccccc5-6)nc(-n5c6ccccc6c6cc(-c7ccc8c(c7)c7ccccc7n8-c7ccccc7)ccc65)n4)ccc32)cc1. The van der Waals surface area contributed by atoms with E-state index >= 15 is 0 Å². The van der Waals surface area contributed by atoms with Crippen molar-refractivity contribution >= 4 is 87.2 Å². The van der Waals surface area contributed by atoms with Gasteiger partial charge in [-0.25, -0.2) is 4.98 Å². The van der Waals surface area contributed by atoms with Crippen LogP contribution in [-0.4, -0.2) is 28.2 Å². The molecule has 14 aromatic carbocycles. The van der Waals surface area contributed by atoms with E-state index in [1.807, 2.05) is 0 Å². The molecule has 442 valence electrons. The minimum Gasteiger partial charge on any atom is -0.309 e. The fourth-order valence-electron chi connectivity index (χ4n) is 16.2. The van der Waals surface area contributed by atoms with Crippen molar-refractivity contribution in [3.05, 3.63) is 362 Å². The summed E-state index contributed by atoms with van der Waals surface area (Å²) in [5.41, 5.74) is 24.3. The summed E-state index contributed by atoms with van der Waals surface area (Å²) in [7, 11) is 0. The average molecular weight is 1210 g/mol. The van der Waals surface area contributed by atoms with Crippen molar-refractivity contribution in [1.82, 2.24) is 28.2 Å². The molecule has 0 unspecified atom stereocenters. The van der Waals surface area contributed by atoms with Crippen LogP contribution in [0.5, 0.6) is 0 Å². The van der Waals surface area contributed by atoms with Crippen LogP contribution >= 0.6 is 0 Å². The number of benzene rings is 14. The van der Waals surface area contributed by atoms with Gasteiger partial charge in [-0.15, -0.1) is 0 Å². The van der Waals surface area contributed by atoms with E-state index in [4.69, 9.17) is 9.97 Å². The minimum atomic E-state index is -0.606. The standard InChI is InChI=1S/C89H56N6/c1-5-23-62(24-6-1)89(63-25-7-2-8-26-63)76-36-18-13-31-66(76)67-46-41-61(55-77(67)89)78-56-87(94-81-39-21-16-34-70(81)74-53-59(44-49-85(74)94)57-42-47-83-72(51-57)68-32-14-19-37-79(68)92(83)64-27-9-3-10-28-64)91-88(90-78)95-82-40-22-17-35-71(82)75-54-60(45-50-86(75)95)58-43-48-84-73(52-58)69-33-15-20-38-80(69)93(84)65-29-11-4-12-30-65/h1-56H. The maximum absolute atomic E-state index is 5.83. The number of rotatable bonds is 9. The molecule has 0 atom stereocenters. The number of para-hydroxylation sites is 6. The number of aromatic nitrogens is 6. The van der Waals surface area contributed by atoms with Crippen molar-refractivity contribution in [2.24, 2.45) is 0 Å². The van der Waals surface area contributed by atoms with Gasteiger partial charge in [0.15, 0.2) is 0 Å². The van der Waals surface area contributed by atoms with Crippen LogP contribution in [0.15, 0.2) is 340 Å². The van der Waals surface area contributed by atoms with Gasteiger partial charge in [0.2, 0.25) is 5.95 Å². The van der Waals surface area contributed by atoms with E-state index in [1.54, 1.807) is 0 Å². The zero-order valence-corrected chi connectivity index (χ0v) is 51.5. The first-order valence-corrected chi connectivity index (χ1v) is 32.6. The molecule has 95 heavy (non-hydrogen) atoms. The number of nitrogens with zero attached hydrogens (tertiary/aromatic N) is 6. The van der Waals surface area contributed by atoms with E-state index in [0.717, 1.165) is 94.3 Å². The Bertz CT molecular complexity index is 6000. The molecule has 19 aromatic rings. The summed E-state index contributed by atoms with van der Waals surface area (Å²) >= 11 is 0. The van der Waals surface area contributed by atoms with Crippen molar-refractivity contribution in [3.8, 4) is 67.8 Å². The van der Waals surface area contributed by atoms with E-state index in [-0.39, 0.29) is 0 Å². The highest BCUT2D eigenvalue weighted by Gasteiger charge is 2.46. The Morgan fingerprint density at radius 2 is 0.568 bits per heavy atom. The zero-order chi connectivity index (χ0) is 62.3. The molecule has 0 aliphatic heterocycles. The summed E-state index contributed by atoms with van der Waals surface area (Å²) in [5.74, 6) is 1.35. The molecule has 0 saturated heterocycles. The van der Waals surface area contributed by atoms with Gasteiger partial charge in [0.05, 0.1) is 55.2 Å². The second kappa shape index (κ2) is 20.7. The lowest BCUT2D eigenvalue weighted by Gasteiger charge is -2.34. The van der Waals surface area contributed by atoms with E-state index in [0.29, 0.717) is 5.95 Å². The lowest BCUT2D eigenvalue weighted by atomic mass is 9.67. The first-order valence-electron chi connectivity index (χ1n) is 32.6. The molecule has 0 spiro atoms. The molecule has 20 rings (SSSR count). The van der Waals surface area contributed by atoms with Crippen LogP contribution in [0.2, 0.25) is 0 Å². The molecular weight excluding hydrogens is 1150 g/mol. The van der Waals surface area contributed by atoms with Crippen LogP contribution in [0.4, 0.5) is 0 Å². The summed E-state index contributed by atoms with van der Waals surface area (Å²) in [6.45, 7) is 0. The molecule has 5 aromatic heterocycles. The highest BCUT2D eigenvalue weighted by molar-refractivity contribution is 6.15. The summed E-state index contributed by atoms with van der Waals surface area (Å²) in [4.78, 5) is 11.6. The number of fused-ring (bicyclic) bond motifs is 15. The normalized spacial score (nSPS) is 12.7. The molecule has 6 heteroatoms. The van der Waals surface area contributed by atoms with Gasteiger partial charge in [-0.3, -0.25) is 9.13 Å². The molecule has 1 aliphatic rings. The zero-order valence-electron chi connectivity index (χ0n) is 51.5. The predicted molar refractivity (Wildman–Crippen MR) is 393 cm³/mol. The Kier molecular flexibility index (Phi) is 11.6. The van der Waals surface area contributed by atoms with E-state index in [1.165, 1.54) is 77.0 Å². The monoisotopic (exact) mass is 1210 g/mol. The molecule has 0 fully saturated rings. The van der Waals surface area contributed by atoms with Gasteiger partial charge in [-0.1, -0.05) is 231 Å². The Hall–Kier alpha value is -12.6. The third-order valence-electron chi connectivity index (χ3n) is 20.3. The Labute approximate surface area is 547 Å². The van der Waals surface area contributed by atoms with Crippen molar-refractivity contribution in [2.75, 3.05) is 0 Å². The predicted octanol–water partition coefficient (Wildman–Crippen LogP) is 22.2. The van der Waals surface area contributed by atoms with Crippen molar-refractivity contribution in [3.63, 3.8) is 0 Å². The number of hydrogen-bond donors (Lipinski definition) is 0. The van der Waals surface area contributed by atoms with Gasteiger partial charge in [0.25, 0.3) is 0 Å². The Morgan fingerprint density at radius 1 is 0.221 bits per heavy atom. The van der Waals surface area contributed by atoms with Crippen LogP contribution in [0.1, 0.15) is 22.3 Å². The molecule has 1 aliphatic carbocycles. The summed E-state index contributed by atoms with van der Waals surface area (Å²) < 4.78 is 9.41. The minimum absolute atomic E-state index is 0.582. The lowest BCUT2D eigenvalue weighted by molar-refractivity contribution is 0.768. The highest BCUT2D eigenvalue weighted by Crippen LogP contribution is 2.57. The molecule has 6 nitrogen and oxygen atoms in total.